The van der Waals surface area contributed by atoms with Gasteiger partial charge in [0.2, 0.25) is 0 Å². The molecule has 1 spiro atoms. The number of piperidine rings is 1. The van der Waals surface area contributed by atoms with Crippen LogP contribution in [0.15, 0.2) is 22.8 Å². The molecular weight excluding hydrogens is 408 g/mol. The predicted molar refractivity (Wildman–Crippen MR) is 133 cm³/mol. The van der Waals surface area contributed by atoms with Gasteiger partial charge < -0.3 is 15.6 Å². The maximum Gasteiger partial charge on any atom is 0.0937 e. The summed E-state index contributed by atoms with van der Waals surface area (Å²) in [6.07, 6.45) is 12.0. The fourth-order valence-electron chi connectivity index (χ4n) is 9.89. The van der Waals surface area contributed by atoms with E-state index in [1.54, 1.807) is 16.7 Å². The molecule has 0 unspecified atom stereocenters. The molecule has 6 aliphatic rings. The Morgan fingerprint density at radius 3 is 2.82 bits per heavy atom. The third-order valence-electron chi connectivity index (χ3n) is 11.5. The van der Waals surface area contributed by atoms with E-state index in [2.05, 4.69) is 38.7 Å². The number of nitrogens with zero attached hydrogens (tertiary/aromatic N) is 1. The lowest BCUT2D eigenvalue weighted by atomic mass is 9.56. The number of aliphatic hydroxyl groups excluding tert-OH is 1. The first kappa shape index (κ1) is 22.8. The molecule has 6 rings (SSSR count). The Balaban J connectivity index is 1.33. The highest BCUT2D eigenvalue weighted by atomic mass is 16.5. The Labute approximate surface area is 201 Å². The lowest BCUT2D eigenvalue weighted by Crippen LogP contribution is -2.53. The maximum atomic E-state index is 10.3. The average Bonchev–Trinajstić information content (AvgIpc) is 3.29. The van der Waals surface area contributed by atoms with E-state index in [1.165, 1.54) is 38.6 Å². The topological polar surface area (TPSA) is 58.7 Å². The van der Waals surface area contributed by atoms with E-state index in [0.29, 0.717) is 29.4 Å². The fourth-order valence-corrected chi connectivity index (χ4v) is 9.89. The minimum Gasteiger partial charge on any atom is -0.393 e. The summed E-state index contributed by atoms with van der Waals surface area (Å²) in [6.45, 7) is 12.8. The zero-order valence-corrected chi connectivity index (χ0v) is 21.4. The molecule has 4 heteroatoms. The Bertz CT molecular complexity index is 866. The van der Waals surface area contributed by atoms with Crippen LogP contribution in [-0.2, 0) is 4.74 Å². The number of aliphatic hydroxyl groups is 1. The highest BCUT2D eigenvalue weighted by molar-refractivity contribution is 5.38. The van der Waals surface area contributed by atoms with Gasteiger partial charge in [0.15, 0.2) is 0 Å². The van der Waals surface area contributed by atoms with Crippen molar-refractivity contribution in [2.45, 2.75) is 103 Å². The molecule has 2 aliphatic heterocycles. The fraction of sp³-hybridized carbons (Fsp3) is 0.862. The van der Waals surface area contributed by atoms with Crippen molar-refractivity contribution in [2.75, 3.05) is 19.6 Å². The van der Waals surface area contributed by atoms with E-state index >= 15 is 0 Å². The van der Waals surface area contributed by atoms with Gasteiger partial charge in [-0.05, 0) is 93.0 Å². The summed E-state index contributed by atoms with van der Waals surface area (Å²) >= 11 is 0. The van der Waals surface area contributed by atoms with Crippen molar-refractivity contribution in [1.29, 1.82) is 0 Å². The molecule has 4 fully saturated rings. The van der Waals surface area contributed by atoms with E-state index in [1.807, 2.05) is 0 Å². The molecular formula is C29H46N2O2. The van der Waals surface area contributed by atoms with Gasteiger partial charge in [0.25, 0.3) is 0 Å². The van der Waals surface area contributed by atoms with Gasteiger partial charge in [-0.25, -0.2) is 0 Å². The molecule has 184 valence electrons. The van der Waals surface area contributed by atoms with Crippen LogP contribution in [0.1, 0.15) is 79.1 Å². The minimum atomic E-state index is -0.122. The third-order valence-corrected chi connectivity index (χ3v) is 11.5. The molecule has 0 aromatic rings. The smallest absolute Gasteiger partial charge is 0.0937 e. The van der Waals surface area contributed by atoms with E-state index in [4.69, 9.17) is 10.5 Å². The first-order chi connectivity index (χ1) is 15.8. The molecule has 3 N–H and O–H groups in total. The van der Waals surface area contributed by atoms with Crippen LogP contribution in [0.4, 0.5) is 0 Å². The first-order valence-electron chi connectivity index (χ1n) is 14.0. The van der Waals surface area contributed by atoms with Crippen LogP contribution < -0.4 is 5.73 Å². The van der Waals surface area contributed by atoms with Gasteiger partial charge in [0.1, 0.15) is 0 Å². The van der Waals surface area contributed by atoms with Crippen molar-refractivity contribution in [2.24, 2.45) is 40.7 Å². The molecule has 2 saturated heterocycles. The standard InChI is InChI=1S/C29H46N2O2/c1-17-13-26-27(31(16-17)12-11-30)19(3)29(33-26)10-8-22-23-6-5-20-14-21(32)7-9-28(20,4)25(23)15-24(22)18(29)2/h5,17,19,21-23,25-27,32H,6-16,30H2,1-4H3/t17-,19+,21-,22-,23-,25-,26+,27-,28-,29-/m0/s1. The number of hydrogen-bond donors (Lipinski definition) is 2. The lowest BCUT2D eigenvalue weighted by molar-refractivity contribution is -0.0645. The summed E-state index contributed by atoms with van der Waals surface area (Å²) in [6, 6.07) is 0.520. The molecule has 0 aromatic carbocycles. The first-order valence-corrected chi connectivity index (χ1v) is 14.0. The van der Waals surface area contributed by atoms with Crippen molar-refractivity contribution in [1.82, 2.24) is 4.90 Å². The van der Waals surface area contributed by atoms with E-state index in [0.717, 1.165) is 50.1 Å². The number of rotatable bonds is 2. The zero-order valence-electron chi connectivity index (χ0n) is 21.4. The molecule has 2 saturated carbocycles. The summed E-state index contributed by atoms with van der Waals surface area (Å²) in [7, 11) is 0. The number of likely N-dealkylation sites (tertiary alicyclic amines) is 1. The van der Waals surface area contributed by atoms with Crippen LogP contribution in [0.5, 0.6) is 0 Å². The summed E-state index contributed by atoms with van der Waals surface area (Å²) in [4.78, 5) is 2.67. The summed E-state index contributed by atoms with van der Waals surface area (Å²) in [5.74, 6) is 3.52. The lowest BCUT2D eigenvalue weighted by Gasteiger charge is -2.49. The Morgan fingerprint density at radius 1 is 1.21 bits per heavy atom. The van der Waals surface area contributed by atoms with Gasteiger partial charge in [0, 0.05) is 31.6 Å². The van der Waals surface area contributed by atoms with E-state index < -0.39 is 0 Å². The third kappa shape index (κ3) is 3.16. The molecule has 0 aromatic heterocycles. The number of hydrogen-bond acceptors (Lipinski definition) is 4. The molecule has 0 radical (unpaired) electrons. The second kappa shape index (κ2) is 7.91. The van der Waals surface area contributed by atoms with Gasteiger partial charge in [-0.15, -0.1) is 0 Å². The van der Waals surface area contributed by atoms with Crippen LogP contribution >= 0.6 is 0 Å². The van der Waals surface area contributed by atoms with Crippen LogP contribution in [0.2, 0.25) is 0 Å². The van der Waals surface area contributed by atoms with Gasteiger partial charge in [-0.2, -0.15) is 0 Å². The molecule has 33 heavy (non-hydrogen) atoms. The SMILES string of the molecule is CC1=C2C[C@H]3[C@@H](CC=C4C[C@@H](O)CC[C@@]43C)[C@@H]2CC[C@]12O[C@@H]1C[C@H](C)CN(CCN)[C@H]1[C@H]2C. The predicted octanol–water partition coefficient (Wildman–Crippen LogP) is 4.67. The zero-order chi connectivity index (χ0) is 23.1. The molecule has 0 amide bonds. The van der Waals surface area contributed by atoms with Crippen LogP contribution in [0, 0.1) is 35.0 Å². The number of fused-ring (bicyclic) bond motifs is 6. The quantitative estimate of drug-likeness (QED) is 0.595. The molecule has 10 atom stereocenters. The highest BCUT2D eigenvalue weighted by Gasteiger charge is 2.61. The molecule has 4 aliphatic carbocycles. The highest BCUT2D eigenvalue weighted by Crippen LogP contribution is 2.65. The largest absolute Gasteiger partial charge is 0.393 e. The Kier molecular flexibility index (Phi) is 5.46. The molecule has 0 bridgehead atoms. The van der Waals surface area contributed by atoms with Crippen molar-refractivity contribution in [3.63, 3.8) is 0 Å². The summed E-state index contributed by atoms with van der Waals surface area (Å²) in [5, 5.41) is 10.3. The van der Waals surface area contributed by atoms with Gasteiger partial charge in [0.05, 0.1) is 17.8 Å². The maximum absolute atomic E-state index is 10.3. The second-order valence-electron chi connectivity index (χ2n) is 13.0. The van der Waals surface area contributed by atoms with Gasteiger partial charge in [-0.1, -0.05) is 38.0 Å². The monoisotopic (exact) mass is 454 g/mol. The van der Waals surface area contributed by atoms with E-state index in [9.17, 15) is 5.11 Å². The molecule has 2 heterocycles. The average molecular weight is 455 g/mol. The van der Waals surface area contributed by atoms with Gasteiger partial charge in [-0.3, -0.25) is 4.90 Å². The Morgan fingerprint density at radius 2 is 2.03 bits per heavy atom. The Hall–Kier alpha value is -0.680. The second-order valence-corrected chi connectivity index (χ2v) is 13.0. The number of allylic oxidation sites excluding steroid dienone is 2. The van der Waals surface area contributed by atoms with Crippen LogP contribution in [-0.4, -0.2) is 53.5 Å². The van der Waals surface area contributed by atoms with Crippen LogP contribution in [0.3, 0.4) is 0 Å². The van der Waals surface area contributed by atoms with Crippen molar-refractivity contribution < 1.29 is 9.84 Å². The number of nitrogens with two attached hydrogens (primary N) is 1. The van der Waals surface area contributed by atoms with E-state index in [-0.39, 0.29) is 11.7 Å². The summed E-state index contributed by atoms with van der Waals surface area (Å²) in [5.41, 5.74) is 11.2. The number of ether oxygens (including phenoxy) is 1. The van der Waals surface area contributed by atoms with Crippen molar-refractivity contribution >= 4 is 0 Å². The summed E-state index contributed by atoms with van der Waals surface area (Å²) < 4.78 is 7.19. The van der Waals surface area contributed by atoms with Crippen molar-refractivity contribution in [3.8, 4) is 0 Å². The molecule has 4 nitrogen and oxygen atoms in total. The minimum absolute atomic E-state index is 0.0640. The normalized spacial score (nSPS) is 51.8. The van der Waals surface area contributed by atoms with Crippen molar-refractivity contribution in [3.05, 3.63) is 22.8 Å². The van der Waals surface area contributed by atoms with Gasteiger partial charge >= 0.3 is 0 Å². The van der Waals surface area contributed by atoms with Crippen LogP contribution in [0.25, 0.3) is 0 Å².